The van der Waals surface area contributed by atoms with Crippen molar-refractivity contribution >= 4 is 23.1 Å². The summed E-state index contributed by atoms with van der Waals surface area (Å²) in [4.78, 5) is 5.08. The molecule has 4 rings (SSSR count). The van der Waals surface area contributed by atoms with Gasteiger partial charge in [-0.25, -0.2) is 4.98 Å². The van der Waals surface area contributed by atoms with Gasteiger partial charge >= 0.3 is 0 Å². The van der Waals surface area contributed by atoms with Gasteiger partial charge < -0.3 is 0 Å². The second-order valence-electron chi connectivity index (χ2n) is 6.81. The molecule has 3 heteroatoms. The number of hydrogen-bond donors (Lipinski definition) is 0. The molecule has 0 spiro atoms. The van der Waals surface area contributed by atoms with Crippen LogP contribution >= 0.6 is 0 Å². The summed E-state index contributed by atoms with van der Waals surface area (Å²) in [6.07, 6.45) is 7.26. The Labute approximate surface area is 160 Å². The number of fused-ring (bicyclic) bond motifs is 1. The predicted molar refractivity (Wildman–Crippen MR) is 113 cm³/mol. The van der Waals surface area contributed by atoms with Gasteiger partial charge in [0.25, 0.3) is 0 Å². The average Bonchev–Trinajstić information content (AvgIpc) is 3.03. The molecule has 0 aliphatic carbocycles. The maximum atomic E-state index is 5.08. The second-order valence-corrected chi connectivity index (χ2v) is 6.81. The lowest BCUT2D eigenvalue weighted by Crippen LogP contribution is -1.94. The molecule has 134 valence electrons. The van der Waals surface area contributed by atoms with Crippen molar-refractivity contribution in [3.8, 4) is 11.3 Å². The zero-order valence-electron chi connectivity index (χ0n) is 16.0. The van der Waals surface area contributed by atoms with Crippen molar-refractivity contribution in [1.82, 2.24) is 14.8 Å². The maximum absolute atomic E-state index is 5.08. The minimum absolute atomic E-state index is 0.960. The maximum Gasteiger partial charge on any atom is 0.0782 e. The van der Waals surface area contributed by atoms with Crippen LogP contribution in [0.1, 0.15) is 29.3 Å². The lowest BCUT2D eigenvalue weighted by atomic mass is 10.00. The summed E-state index contributed by atoms with van der Waals surface area (Å²) in [6, 6.07) is 19.1. The molecule has 0 aliphatic rings. The van der Waals surface area contributed by atoms with Crippen molar-refractivity contribution in [2.75, 3.05) is 0 Å². The topological polar surface area (TPSA) is 30.7 Å². The highest BCUT2D eigenvalue weighted by Crippen LogP contribution is 2.28. The van der Waals surface area contributed by atoms with Gasteiger partial charge in [-0.3, -0.25) is 4.68 Å². The Morgan fingerprint density at radius 3 is 2.44 bits per heavy atom. The Balaban J connectivity index is 1.86. The number of nitrogens with zero attached hydrogens (tertiary/aromatic N) is 3. The summed E-state index contributed by atoms with van der Waals surface area (Å²) in [5.41, 5.74) is 7.82. The Morgan fingerprint density at radius 1 is 0.963 bits per heavy atom. The second kappa shape index (κ2) is 7.20. The van der Waals surface area contributed by atoms with Crippen LogP contribution in [0.5, 0.6) is 0 Å². The van der Waals surface area contributed by atoms with Crippen molar-refractivity contribution in [3.05, 3.63) is 83.2 Å². The number of para-hydroxylation sites is 1. The molecule has 2 aromatic heterocycles. The minimum Gasteiger partial charge on any atom is -0.275 e. The Kier molecular flexibility index (Phi) is 4.59. The first-order valence-electron chi connectivity index (χ1n) is 9.32. The van der Waals surface area contributed by atoms with E-state index in [0.29, 0.717) is 0 Å². The van der Waals surface area contributed by atoms with Crippen LogP contribution in [0.2, 0.25) is 0 Å². The fourth-order valence-corrected chi connectivity index (χ4v) is 3.48. The molecule has 0 amide bonds. The van der Waals surface area contributed by atoms with E-state index in [1.807, 2.05) is 30.9 Å². The van der Waals surface area contributed by atoms with Gasteiger partial charge in [-0.05, 0) is 25.0 Å². The van der Waals surface area contributed by atoms with E-state index in [1.165, 1.54) is 10.9 Å². The molecule has 3 nitrogen and oxygen atoms in total. The van der Waals surface area contributed by atoms with E-state index >= 15 is 0 Å². The summed E-state index contributed by atoms with van der Waals surface area (Å²) in [5.74, 6) is 0. The zero-order chi connectivity index (χ0) is 18.8. The first kappa shape index (κ1) is 17.2. The van der Waals surface area contributed by atoms with Crippen LogP contribution in [0.4, 0.5) is 0 Å². The molecule has 2 heterocycles. The average molecular weight is 353 g/mol. The van der Waals surface area contributed by atoms with E-state index in [1.54, 1.807) is 0 Å². The van der Waals surface area contributed by atoms with Crippen molar-refractivity contribution < 1.29 is 0 Å². The third-order valence-electron chi connectivity index (χ3n) is 4.88. The van der Waals surface area contributed by atoms with E-state index in [9.17, 15) is 0 Å². The normalized spacial score (nSPS) is 11.5. The van der Waals surface area contributed by atoms with Gasteiger partial charge in [-0.2, -0.15) is 5.10 Å². The number of benzene rings is 2. The lowest BCUT2D eigenvalue weighted by molar-refractivity contribution is 0.756. The molecule has 0 unspecified atom stereocenters. The van der Waals surface area contributed by atoms with Gasteiger partial charge in [0.05, 0.1) is 16.9 Å². The minimum atomic E-state index is 0.960. The van der Waals surface area contributed by atoms with Crippen LogP contribution in [-0.2, 0) is 13.5 Å². The highest BCUT2D eigenvalue weighted by atomic mass is 15.2. The Hall–Kier alpha value is -3.20. The van der Waals surface area contributed by atoms with Crippen molar-refractivity contribution in [2.45, 2.75) is 20.3 Å². The van der Waals surface area contributed by atoms with Gasteiger partial charge in [-0.1, -0.05) is 67.6 Å². The van der Waals surface area contributed by atoms with Gasteiger partial charge in [0.1, 0.15) is 0 Å². The molecule has 0 aliphatic heterocycles. The molecule has 27 heavy (non-hydrogen) atoms. The summed E-state index contributed by atoms with van der Waals surface area (Å²) < 4.78 is 1.84. The first-order valence-corrected chi connectivity index (χ1v) is 9.32. The molecule has 2 aromatic carbocycles. The SMILES string of the molecule is CCc1cc2cccc(/C=C/c3cn(C)nc3C)c2nc1-c1ccccc1. The summed E-state index contributed by atoms with van der Waals surface area (Å²) in [7, 11) is 1.95. The number of hydrogen-bond acceptors (Lipinski definition) is 2. The van der Waals surface area contributed by atoms with E-state index < -0.39 is 0 Å². The quantitative estimate of drug-likeness (QED) is 0.473. The van der Waals surface area contributed by atoms with Crippen molar-refractivity contribution in [2.24, 2.45) is 7.05 Å². The molecule has 0 atom stereocenters. The zero-order valence-corrected chi connectivity index (χ0v) is 16.0. The number of aryl methyl sites for hydroxylation is 3. The molecule has 0 radical (unpaired) electrons. The highest BCUT2D eigenvalue weighted by Gasteiger charge is 2.10. The largest absolute Gasteiger partial charge is 0.275 e. The van der Waals surface area contributed by atoms with Gasteiger partial charge in [0, 0.05) is 35.3 Å². The van der Waals surface area contributed by atoms with E-state index in [2.05, 4.69) is 72.7 Å². The molecule has 0 N–H and O–H groups in total. The van der Waals surface area contributed by atoms with Gasteiger partial charge in [0.2, 0.25) is 0 Å². The Morgan fingerprint density at radius 2 is 1.74 bits per heavy atom. The van der Waals surface area contributed by atoms with Crippen molar-refractivity contribution in [3.63, 3.8) is 0 Å². The van der Waals surface area contributed by atoms with Crippen LogP contribution in [0.3, 0.4) is 0 Å². The molecular weight excluding hydrogens is 330 g/mol. The molecule has 0 saturated carbocycles. The van der Waals surface area contributed by atoms with Gasteiger partial charge in [0.15, 0.2) is 0 Å². The smallest absolute Gasteiger partial charge is 0.0782 e. The summed E-state index contributed by atoms with van der Waals surface area (Å²) in [5, 5.41) is 5.59. The standard InChI is InChI=1S/C24H23N3/c1-4-18-15-21-12-8-11-20(13-14-22-16-27(3)26-17(22)2)24(21)25-23(18)19-9-6-5-7-10-19/h5-16H,4H2,1-3H3/b14-13+. The molecule has 4 aromatic rings. The number of aromatic nitrogens is 3. The fourth-order valence-electron chi connectivity index (χ4n) is 3.48. The van der Waals surface area contributed by atoms with E-state index in [0.717, 1.165) is 40.0 Å². The first-order chi connectivity index (χ1) is 13.2. The van der Waals surface area contributed by atoms with Crippen LogP contribution in [0, 0.1) is 6.92 Å². The molecular formula is C24H23N3. The highest BCUT2D eigenvalue weighted by molar-refractivity contribution is 5.92. The van der Waals surface area contributed by atoms with Crippen molar-refractivity contribution in [1.29, 1.82) is 0 Å². The fraction of sp³-hybridized carbons (Fsp3) is 0.167. The summed E-state index contributed by atoms with van der Waals surface area (Å²) >= 11 is 0. The van der Waals surface area contributed by atoms with Gasteiger partial charge in [-0.15, -0.1) is 0 Å². The van der Waals surface area contributed by atoms with Crippen LogP contribution in [0.15, 0.2) is 60.8 Å². The number of rotatable bonds is 4. The van der Waals surface area contributed by atoms with E-state index in [-0.39, 0.29) is 0 Å². The number of pyridine rings is 1. The Bertz CT molecular complexity index is 1120. The molecule has 0 bridgehead atoms. The van der Waals surface area contributed by atoms with Crippen LogP contribution in [0.25, 0.3) is 34.3 Å². The third kappa shape index (κ3) is 3.41. The summed E-state index contributed by atoms with van der Waals surface area (Å²) in [6.45, 7) is 4.21. The van der Waals surface area contributed by atoms with E-state index in [4.69, 9.17) is 4.98 Å². The van der Waals surface area contributed by atoms with Crippen LogP contribution in [-0.4, -0.2) is 14.8 Å². The third-order valence-corrected chi connectivity index (χ3v) is 4.88. The lowest BCUT2D eigenvalue weighted by Gasteiger charge is -2.11. The molecule has 0 fully saturated rings. The predicted octanol–water partition coefficient (Wildman–Crippen LogP) is 5.68. The monoisotopic (exact) mass is 353 g/mol. The van der Waals surface area contributed by atoms with Crippen LogP contribution < -0.4 is 0 Å². The molecule has 0 saturated heterocycles.